The molecule has 4 rings (SSSR count). The van der Waals surface area contributed by atoms with E-state index in [-0.39, 0.29) is 29.5 Å². The van der Waals surface area contributed by atoms with Crippen molar-refractivity contribution in [1.29, 1.82) is 0 Å². The molecule has 4 atom stereocenters. The Morgan fingerprint density at radius 2 is 1.62 bits per heavy atom. The summed E-state index contributed by atoms with van der Waals surface area (Å²) in [6.07, 6.45) is -0.0213. The molecule has 0 spiro atoms. The van der Waals surface area contributed by atoms with Gasteiger partial charge in [0.15, 0.2) is 0 Å². The van der Waals surface area contributed by atoms with Crippen molar-refractivity contribution in [3.8, 4) is 11.5 Å². The molecule has 1 fully saturated rings. The molecule has 42 heavy (non-hydrogen) atoms. The molecular formula is C35H44N2O5. The molecular weight excluding hydrogens is 528 g/mol. The quantitative estimate of drug-likeness (QED) is 0.302. The van der Waals surface area contributed by atoms with Crippen molar-refractivity contribution in [3.05, 3.63) is 95.1 Å². The molecule has 1 saturated heterocycles. The van der Waals surface area contributed by atoms with E-state index in [0.29, 0.717) is 12.1 Å². The van der Waals surface area contributed by atoms with Gasteiger partial charge in [0.1, 0.15) is 17.5 Å². The summed E-state index contributed by atoms with van der Waals surface area (Å²) in [5.74, 6) is -0.923. The topological polar surface area (TPSA) is 99.1 Å². The number of hydrogen-bond acceptors (Lipinski definition) is 5. The molecule has 1 heterocycles. The Bertz CT molecular complexity index is 1410. The zero-order valence-corrected chi connectivity index (χ0v) is 25.7. The minimum Gasteiger partial charge on any atom is -0.508 e. The highest BCUT2D eigenvalue weighted by molar-refractivity contribution is 5.87. The average Bonchev–Trinajstić information content (AvgIpc) is 3.28. The van der Waals surface area contributed by atoms with Gasteiger partial charge in [-0.2, -0.15) is 0 Å². The van der Waals surface area contributed by atoms with Crippen LogP contribution in [0.2, 0.25) is 0 Å². The highest BCUT2D eigenvalue weighted by atomic mass is 16.5. The van der Waals surface area contributed by atoms with E-state index in [4.69, 9.17) is 4.74 Å². The number of carbonyl (C=O) groups is 2. The summed E-state index contributed by atoms with van der Waals surface area (Å²) < 4.78 is 5.71. The van der Waals surface area contributed by atoms with Gasteiger partial charge in [0.05, 0.1) is 19.6 Å². The summed E-state index contributed by atoms with van der Waals surface area (Å²) in [5, 5.41) is 24.4. The zero-order chi connectivity index (χ0) is 30.8. The lowest BCUT2D eigenvalue weighted by molar-refractivity contribution is -0.152. The van der Waals surface area contributed by atoms with E-state index in [2.05, 4.69) is 38.2 Å². The summed E-state index contributed by atoms with van der Waals surface area (Å²) in [6.45, 7) is 13.0. The van der Waals surface area contributed by atoms with Crippen LogP contribution >= 0.6 is 0 Å². The maximum atomic E-state index is 14.1. The second-order valence-electron chi connectivity index (χ2n) is 13.4. The molecule has 3 aromatic rings. The van der Waals surface area contributed by atoms with Gasteiger partial charge in [0, 0.05) is 24.1 Å². The fourth-order valence-corrected chi connectivity index (χ4v) is 6.31. The number of carboxylic acids is 1. The number of carbonyl (C=O) groups excluding carboxylic acids is 1. The van der Waals surface area contributed by atoms with Crippen LogP contribution in [0.4, 0.5) is 0 Å². The predicted molar refractivity (Wildman–Crippen MR) is 165 cm³/mol. The second kappa shape index (κ2) is 12.2. The molecule has 1 aliphatic rings. The van der Waals surface area contributed by atoms with E-state index in [1.165, 1.54) is 5.56 Å². The number of ether oxygens (including phenoxy) is 1. The van der Waals surface area contributed by atoms with Crippen molar-refractivity contribution >= 4 is 11.9 Å². The van der Waals surface area contributed by atoms with Gasteiger partial charge in [-0.1, -0.05) is 96.1 Å². The third-order valence-corrected chi connectivity index (χ3v) is 8.29. The van der Waals surface area contributed by atoms with Gasteiger partial charge < -0.3 is 25.2 Å². The molecule has 0 saturated carbocycles. The molecule has 7 heteroatoms. The first-order valence-electron chi connectivity index (χ1n) is 14.5. The number of nitrogens with zero attached hydrogens (tertiary/aromatic N) is 1. The average molecular weight is 573 g/mol. The van der Waals surface area contributed by atoms with Crippen molar-refractivity contribution in [3.63, 3.8) is 0 Å². The van der Waals surface area contributed by atoms with Crippen LogP contribution in [0.3, 0.4) is 0 Å². The van der Waals surface area contributed by atoms with Crippen LogP contribution < -0.4 is 10.1 Å². The largest absolute Gasteiger partial charge is 0.508 e. The molecule has 1 aliphatic heterocycles. The Morgan fingerprint density at radius 1 is 0.929 bits per heavy atom. The van der Waals surface area contributed by atoms with Crippen LogP contribution in [0.25, 0.3) is 0 Å². The van der Waals surface area contributed by atoms with E-state index in [0.717, 1.165) is 16.9 Å². The van der Waals surface area contributed by atoms with Crippen molar-refractivity contribution in [2.75, 3.05) is 7.11 Å². The second-order valence-corrected chi connectivity index (χ2v) is 13.4. The van der Waals surface area contributed by atoms with E-state index in [9.17, 15) is 19.8 Å². The van der Waals surface area contributed by atoms with Gasteiger partial charge in [-0.25, -0.2) is 4.79 Å². The predicted octanol–water partition coefficient (Wildman–Crippen LogP) is 6.10. The number of carboxylic acid groups (broad SMARTS) is 1. The lowest BCUT2D eigenvalue weighted by Crippen LogP contribution is -2.48. The Balaban J connectivity index is 1.81. The Labute approximate surface area is 249 Å². The minimum atomic E-state index is -1.06. The van der Waals surface area contributed by atoms with Crippen LogP contribution in [0, 0.1) is 11.3 Å². The fraction of sp³-hybridized carbons (Fsp3) is 0.429. The van der Waals surface area contributed by atoms with Crippen LogP contribution in [0.15, 0.2) is 72.8 Å². The van der Waals surface area contributed by atoms with Gasteiger partial charge in [-0.3, -0.25) is 4.79 Å². The van der Waals surface area contributed by atoms with Crippen molar-refractivity contribution in [2.24, 2.45) is 11.3 Å². The van der Waals surface area contributed by atoms with E-state index in [1.807, 2.05) is 57.2 Å². The van der Waals surface area contributed by atoms with Gasteiger partial charge in [-0.05, 0) is 45.7 Å². The maximum absolute atomic E-state index is 14.1. The highest BCUT2D eigenvalue weighted by Crippen LogP contribution is 2.48. The molecule has 7 nitrogen and oxygen atoms in total. The molecule has 0 unspecified atom stereocenters. The normalized spacial score (nSPS) is 20.9. The molecule has 0 aliphatic carbocycles. The number of phenolic OH excluding ortho intramolecular Hbond substituents is 1. The number of nitrogens with one attached hydrogen (secondary N) is 1. The van der Waals surface area contributed by atoms with E-state index < -0.39 is 29.4 Å². The lowest BCUT2D eigenvalue weighted by atomic mass is 9.72. The summed E-state index contributed by atoms with van der Waals surface area (Å²) in [7, 11) is 1.65. The summed E-state index contributed by atoms with van der Waals surface area (Å²) in [4.78, 5) is 28.7. The number of benzene rings is 3. The number of likely N-dealkylation sites (tertiary alicyclic amines) is 1. The van der Waals surface area contributed by atoms with Crippen LogP contribution in [0.5, 0.6) is 11.5 Å². The van der Waals surface area contributed by atoms with Crippen LogP contribution in [-0.4, -0.2) is 46.2 Å². The summed E-state index contributed by atoms with van der Waals surface area (Å²) >= 11 is 0. The third-order valence-electron chi connectivity index (χ3n) is 8.29. The van der Waals surface area contributed by atoms with E-state index in [1.54, 1.807) is 36.3 Å². The SMILES string of the molecule is COc1ccc(C(C)(C)C)cc1CN[C@H]1[C@H](C(C)(C)C)[C@@H](C(=O)O)N(C(=O)Cc2cccc(O)c2)[C@H]1c1ccccc1. The first-order chi connectivity index (χ1) is 19.7. The zero-order valence-electron chi connectivity index (χ0n) is 25.7. The molecule has 3 N–H and O–H groups in total. The van der Waals surface area contributed by atoms with Crippen molar-refractivity contribution < 1.29 is 24.5 Å². The number of hydrogen-bond donors (Lipinski definition) is 3. The van der Waals surface area contributed by atoms with E-state index >= 15 is 0 Å². The maximum Gasteiger partial charge on any atom is 0.326 e. The summed E-state index contributed by atoms with van der Waals surface area (Å²) in [5.41, 5.74) is 3.13. The number of aliphatic carboxylic acids is 1. The molecule has 224 valence electrons. The number of aromatic hydroxyl groups is 1. The lowest BCUT2D eigenvalue weighted by Gasteiger charge is -2.35. The van der Waals surface area contributed by atoms with Crippen LogP contribution in [-0.2, 0) is 28.0 Å². The van der Waals surface area contributed by atoms with Gasteiger partial charge in [-0.15, -0.1) is 0 Å². The number of rotatable bonds is 8. The molecule has 3 aromatic carbocycles. The Morgan fingerprint density at radius 3 is 2.19 bits per heavy atom. The fourth-order valence-electron chi connectivity index (χ4n) is 6.31. The standard InChI is InChI=1S/C35H44N2O5/c1-34(2,3)25-16-17-27(42-7)24(20-25)21-36-30-29(35(4,5)6)32(33(40)41)37(31(30)23-13-9-8-10-14-23)28(39)19-22-12-11-15-26(38)18-22/h8-18,20,29-32,36,38H,19,21H2,1-7H3,(H,40,41)/t29-,30-,31-,32-/m0/s1. The first kappa shape index (κ1) is 31.1. The molecule has 1 amide bonds. The summed E-state index contributed by atoms with van der Waals surface area (Å²) in [6, 6.07) is 20.5. The Kier molecular flexibility index (Phi) is 9.02. The number of phenols is 1. The molecule has 0 radical (unpaired) electrons. The van der Waals surface area contributed by atoms with Crippen molar-refractivity contribution in [1.82, 2.24) is 10.2 Å². The van der Waals surface area contributed by atoms with Gasteiger partial charge in [0.2, 0.25) is 5.91 Å². The van der Waals surface area contributed by atoms with Crippen LogP contribution in [0.1, 0.15) is 69.8 Å². The van der Waals surface area contributed by atoms with Crippen molar-refractivity contribution in [2.45, 2.75) is 78.0 Å². The third kappa shape index (κ3) is 6.62. The highest BCUT2D eigenvalue weighted by Gasteiger charge is 2.57. The smallest absolute Gasteiger partial charge is 0.326 e. The van der Waals surface area contributed by atoms with Gasteiger partial charge >= 0.3 is 5.97 Å². The minimum absolute atomic E-state index is 0.0213. The molecule has 0 bridgehead atoms. The molecule has 0 aromatic heterocycles. The number of methoxy groups -OCH3 is 1. The monoisotopic (exact) mass is 572 g/mol. The number of amides is 1. The van der Waals surface area contributed by atoms with Gasteiger partial charge in [0.25, 0.3) is 0 Å². The Hall–Kier alpha value is -3.84. The first-order valence-corrected chi connectivity index (χ1v) is 14.5.